The van der Waals surface area contributed by atoms with Gasteiger partial charge in [-0.2, -0.15) is 0 Å². The van der Waals surface area contributed by atoms with Crippen molar-refractivity contribution in [2.45, 2.75) is 58.4 Å². The Balaban J connectivity index is 0.00000196. The number of phenolic OH excluding ortho intramolecular Hbond substituents is 1. The lowest BCUT2D eigenvalue weighted by molar-refractivity contribution is -0.135. The molecule has 3 aromatic carbocycles. The van der Waals surface area contributed by atoms with Gasteiger partial charge < -0.3 is 19.7 Å². The molecule has 1 unspecified atom stereocenters. The van der Waals surface area contributed by atoms with Crippen molar-refractivity contribution in [3.8, 4) is 5.75 Å². The zero-order valence-electron chi connectivity index (χ0n) is 25.7. The molecule has 0 saturated carbocycles. The number of amides is 3. The van der Waals surface area contributed by atoms with Gasteiger partial charge in [0.1, 0.15) is 17.5 Å². The number of nitrogens with two attached hydrogens (primary N) is 1. The molecular weight excluding hydrogens is 595 g/mol. The predicted octanol–water partition coefficient (Wildman–Crippen LogP) is 5.70. The number of aromatic nitrogens is 1. The van der Waals surface area contributed by atoms with Gasteiger partial charge >= 0.3 is 0 Å². The van der Waals surface area contributed by atoms with Crippen LogP contribution in [0.4, 0.5) is 15.8 Å². The van der Waals surface area contributed by atoms with E-state index in [1.807, 2.05) is 25.3 Å². The monoisotopic (exact) mass is 634 g/mol. The fourth-order valence-electron chi connectivity index (χ4n) is 6.40. The standard InChI is InChI=1S/C31H33FN6O4S.C2H6/c1-17-12-21-13-19(2-5-24(21)38(17)25-6-7-27(40)35-31(25)42)18-8-10-37(11-9-18)16-28(41)34-22-3-4-23-20(14-22)15-26(39)30(29(23)32)36-43-33;1-2/h2-5,12-15,18,25,36,39H,6-11,16,33H2,1H3,(H,34,41)(H,35,40,42);1-2H3. The number of fused-ring (bicyclic) bond motifs is 2. The number of piperidine rings is 2. The van der Waals surface area contributed by atoms with E-state index in [2.05, 4.69) is 44.5 Å². The quantitative estimate of drug-likeness (QED) is 0.0990. The van der Waals surface area contributed by atoms with E-state index in [1.54, 1.807) is 18.2 Å². The van der Waals surface area contributed by atoms with E-state index in [4.69, 9.17) is 5.14 Å². The molecule has 12 heteroatoms. The fourth-order valence-corrected chi connectivity index (χ4v) is 6.71. The number of imide groups is 1. The molecule has 10 nitrogen and oxygen atoms in total. The van der Waals surface area contributed by atoms with E-state index in [9.17, 15) is 23.9 Å². The minimum atomic E-state index is -0.616. The number of halogens is 1. The van der Waals surface area contributed by atoms with Gasteiger partial charge in [0.15, 0.2) is 5.82 Å². The lowest BCUT2D eigenvalue weighted by atomic mass is 9.89. The molecule has 6 N–H and O–H groups in total. The van der Waals surface area contributed by atoms with Gasteiger partial charge in [-0.25, -0.2) is 4.39 Å². The van der Waals surface area contributed by atoms with Crippen LogP contribution in [-0.2, 0) is 14.4 Å². The summed E-state index contributed by atoms with van der Waals surface area (Å²) in [6.07, 6.45) is 2.67. The largest absolute Gasteiger partial charge is 0.506 e. The van der Waals surface area contributed by atoms with Gasteiger partial charge in [-0.1, -0.05) is 19.9 Å². The maximum Gasteiger partial charge on any atom is 0.249 e. The van der Waals surface area contributed by atoms with E-state index >= 15 is 0 Å². The van der Waals surface area contributed by atoms with Gasteiger partial charge in [0.25, 0.3) is 0 Å². The predicted molar refractivity (Wildman–Crippen MR) is 177 cm³/mol. The molecule has 0 radical (unpaired) electrons. The SMILES string of the molecule is CC.Cc1cc2cc(C3CCN(CC(=O)Nc4ccc5c(F)c(NSN)c(O)cc5c4)CC3)ccc2n1C1CCC(=O)NC1=O. The Labute approximate surface area is 265 Å². The number of aryl methyl sites for hydroxylation is 1. The van der Waals surface area contributed by atoms with Crippen LogP contribution in [0.25, 0.3) is 21.7 Å². The number of anilines is 2. The summed E-state index contributed by atoms with van der Waals surface area (Å²) in [4.78, 5) is 39.1. The molecule has 6 rings (SSSR count). The summed E-state index contributed by atoms with van der Waals surface area (Å²) in [5.74, 6) is -1.15. The summed E-state index contributed by atoms with van der Waals surface area (Å²) in [5, 5.41) is 22.7. The Morgan fingerprint density at radius 1 is 1.07 bits per heavy atom. The summed E-state index contributed by atoms with van der Waals surface area (Å²) in [6, 6.07) is 14.4. The number of carbonyl (C=O) groups is 3. The van der Waals surface area contributed by atoms with Crippen molar-refractivity contribution in [2.75, 3.05) is 29.7 Å². The van der Waals surface area contributed by atoms with Crippen molar-refractivity contribution in [1.29, 1.82) is 0 Å². The highest BCUT2D eigenvalue weighted by Gasteiger charge is 2.30. The Morgan fingerprint density at radius 2 is 1.82 bits per heavy atom. The van der Waals surface area contributed by atoms with Gasteiger partial charge in [0.05, 0.1) is 6.54 Å². The van der Waals surface area contributed by atoms with Gasteiger partial charge in [0.2, 0.25) is 17.7 Å². The zero-order chi connectivity index (χ0) is 32.2. The van der Waals surface area contributed by atoms with Crippen molar-refractivity contribution in [1.82, 2.24) is 14.8 Å². The third-order valence-corrected chi connectivity index (χ3v) is 8.83. The summed E-state index contributed by atoms with van der Waals surface area (Å²) >= 11 is 0.692. The molecule has 0 bridgehead atoms. The number of carbonyl (C=O) groups excluding carboxylic acids is 3. The Kier molecular flexibility index (Phi) is 9.96. The number of phenols is 1. The molecule has 3 heterocycles. The summed E-state index contributed by atoms with van der Waals surface area (Å²) < 4.78 is 19.3. The average Bonchev–Trinajstić information content (AvgIpc) is 3.35. The molecule has 3 amide bonds. The lowest BCUT2D eigenvalue weighted by Crippen LogP contribution is -2.41. The number of nitrogens with zero attached hydrogens (tertiary/aromatic N) is 2. The number of likely N-dealkylation sites (tertiary alicyclic amines) is 1. The van der Waals surface area contributed by atoms with Crippen LogP contribution in [0.3, 0.4) is 0 Å². The highest BCUT2D eigenvalue weighted by molar-refractivity contribution is 7.98. The Morgan fingerprint density at radius 3 is 2.53 bits per heavy atom. The van der Waals surface area contributed by atoms with Crippen molar-refractivity contribution in [2.24, 2.45) is 5.14 Å². The molecule has 238 valence electrons. The highest BCUT2D eigenvalue weighted by atomic mass is 32.2. The van der Waals surface area contributed by atoms with Crippen LogP contribution in [0.2, 0.25) is 0 Å². The van der Waals surface area contributed by atoms with Crippen LogP contribution in [-0.4, -0.2) is 51.9 Å². The second-order valence-electron chi connectivity index (χ2n) is 11.3. The molecule has 0 spiro atoms. The number of nitrogens with one attached hydrogen (secondary N) is 3. The smallest absolute Gasteiger partial charge is 0.249 e. The minimum Gasteiger partial charge on any atom is -0.506 e. The van der Waals surface area contributed by atoms with Crippen LogP contribution in [0.15, 0.2) is 48.5 Å². The molecule has 1 atom stereocenters. The number of aromatic hydroxyl groups is 1. The van der Waals surface area contributed by atoms with Gasteiger partial charge in [-0.3, -0.25) is 29.7 Å². The highest BCUT2D eigenvalue weighted by Crippen LogP contribution is 2.36. The van der Waals surface area contributed by atoms with Crippen molar-refractivity contribution in [3.05, 3.63) is 65.6 Å². The van der Waals surface area contributed by atoms with Crippen LogP contribution in [0, 0.1) is 12.7 Å². The maximum atomic E-state index is 14.8. The first kappa shape index (κ1) is 32.3. The maximum absolute atomic E-state index is 14.8. The van der Waals surface area contributed by atoms with E-state index < -0.39 is 5.82 Å². The minimum absolute atomic E-state index is 0.0825. The van der Waals surface area contributed by atoms with Gasteiger partial charge in [-0.15, -0.1) is 0 Å². The summed E-state index contributed by atoms with van der Waals surface area (Å²) in [5.41, 5.74) is 3.66. The molecule has 2 fully saturated rings. The van der Waals surface area contributed by atoms with Crippen LogP contribution in [0.1, 0.15) is 62.7 Å². The van der Waals surface area contributed by atoms with E-state index in [-0.39, 0.29) is 41.7 Å². The second kappa shape index (κ2) is 13.9. The van der Waals surface area contributed by atoms with Gasteiger partial charge in [-0.05, 0) is 98.6 Å². The van der Waals surface area contributed by atoms with E-state index in [0.717, 1.165) is 42.5 Å². The second-order valence-corrected chi connectivity index (χ2v) is 11.7. The first-order valence-electron chi connectivity index (χ1n) is 15.3. The topological polar surface area (TPSA) is 142 Å². The zero-order valence-corrected chi connectivity index (χ0v) is 26.5. The Bertz CT molecular complexity index is 1750. The van der Waals surface area contributed by atoms with Crippen LogP contribution < -0.4 is 20.5 Å². The summed E-state index contributed by atoms with van der Waals surface area (Å²) in [7, 11) is 0. The number of benzene rings is 3. The number of rotatable bonds is 7. The first-order valence-corrected chi connectivity index (χ1v) is 16.1. The number of hydrogen-bond donors (Lipinski definition) is 5. The van der Waals surface area contributed by atoms with Crippen LogP contribution >= 0.6 is 12.1 Å². The fraction of sp³-hybridized carbons (Fsp3) is 0.364. The molecular formula is C33H39FN6O4S. The van der Waals surface area contributed by atoms with E-state index in [1.165, 1.54) is 11.6 Å². The van der Waals surface area contributed by atoms with E-state index in [0.29, 0.717) is 47.4 Å². The molecule has 45 heavy (non-hydrogen) atoms. The molecule has 2 aliphatic rings. The van der Waals surface area contributed by atoms with Gasteiger partial charge in [0, 0.05) is 46.2 Å². The normalized spacial score (nSPS) is 17.6. The Hall–Kier alpha value is -4.13. The molecule has 0 aliphatic carbocycles. The van der Waals surface area contributed by atoms with Crippen molar-refractivity contribution in [3.63, 3.8) is 0 Å². The van der Waals surface area contributed by atoms with Crippen molar-refractivity contribution >= 4 is 62.9 Å². The molecule has 4 aromatic rings. The average molecular weight is 635 g/mol. The molecule has 1 aromatic heterocycles. The molecule has 2 aliphatic heterocycles. The molecule has 2 saturated heterocycles. The third-order valence-electron chi connectivity index (χ3n) is 8.50. The first-order chi connectivity index (χ1) is 21.7. The van der Waals surface area contributed by atoms with Crippen LogP contribution in [0.5, 0.6) is 5.75 Å². The summed E-state index contributed by atoms with van der Waals surface area (Å²) in [6.45, 7) is 7.78. The third kappa shape index (κ3) is 6.77. The number of hydrogen-bond acceptors (Lipinski definition) is 8. The lowest BCUT2D eigenvalue weighted by Gasteiger charge is -2.31. The van der Waals surface area contributed by atoms with Crippen molar-refractivity contribution < 1.29 is 23.9 Å².